The Hall–Kier alpha value is -0.770. The van der Waals surface area contributed by atoms with Crippen molar-refractivity contribution in [1.29, 1.82) is 0 Å². The van der Waals surface area contributed by atoms with E-state index in [0.29, 0.717) is 6.04 Å². The van der Waals surface area contributed by atoms with Crippen molar-refractivity contribution in [3.8, 4) is 0 Å². The van der Waals surface area contributed by atoms with E-state index in [-0.39, 0.29) is 0 Å². The third-order valence-corrected chi connectivity index (χ3v) is 2.97. The second kappa shape index (κ2) is 4.17. The first-order chi connectivity index (χ1) is 6.83. The lowest BCUT2D eigenvalue weighted by Crippen LogP contribution is -2.46. The molecule has 1 atom stereocenters. The molecule has 1 fully saturated rings. The van der Waals surface area contributed by atoms with E-state index >= 15 is 0 Å². The van der Waals surface area contributed by atoms with Crippen molar-refractivity contribution < 1.29 is 4.74 Å². The molecule has 0 amide bonds. The van der Waals surface area contributed by atoms with Crippen LogP contribution in [-0.4, -0.2) is 61.7 Å². The summed E-state index contributed by atoms with van der Waals surface area (Å²) in [5.41, 5.74) is 0. The van der Waals surface area contributed by atoms with E-state index in [0.717, 1.165) is 45.2 Å². The Labute approximate surface area is 85.5 Å². The van der Waals surface area contributed by atoms with Crippen LogP contribution in [0.4, 0.5) is 0 Å². The highest BCUT2D eigenvalue weighted by molar-refractivity contribution is 5.81. The van der Waals surface area contributed by atoms with Gasteiger partial charge >= 0.3 is 0 Å². The lowest BCUT2D eigenvalue weighted by molar-refractivity contribution is 0.172. The number of hydrogen-bond acceptors (Lipinski definition) is 4. The molecule has 0 saturated carbocycles. The Morgan fingerprint density at radius 1 is 1.64 bits per heavy atom. The minimum absolute atomic E-state index is 0.541. The van der Waals surface area contributed by atoms with Crippen molar-refractivity contribution in [2.24, 2.45) is 4.99 Å². The highest BCUT2D eigenvalue weighted by Crippen LogP contribution is 2.15. The van der Waals surface area contributed by atoms with Crippen LogP contribution in [0.15, 0.2) is 4.99 Å². The van der Waals surface area contributed by atoms with Crippen LogP contribution in [0.3, 0.4) is 0 Å². The van der Waals surface area contributed by atoms with Gasteiger partial charge in [0, 0.05) is 26.7 Å². The fraction of sp³-hybridized carbons (Fsp3) is 0.900. The molecule has 2 heterocycles. The zero-order valence-corrected chi connectivity index (χ0v) is 9.07. The summed E-state index contributed by atoms with van der Waals surface area (Å²) in [5, 5.41) is 0. The maximum absolute atomic E-state index is 5.42. The maximum Gasteiger partial charge on any atom is 0.196 e. The van der Waals surface area contributed by atoms with Crippen LogP contribution in [0, 0.1) is 0 Å². The number of rotatable bonds is 2. The first-order valence-corrected chi connectivity index (χ1v) is 5.43. The molecule has 0 bridgehead atoms. The van der Waals surface area contributed by atoms with Crippen LogP contribution in [0.25, 0.3) is 0 Å². The molecule has 0 aromatic rings. The van der Waals surface area contributed by atoms with Gasteiger partial charge in [0.2, 0.25) is 0 Å². The maximum atomic E-state index is 5.42. The van der Waals surface area contributed by atoms with E-state index in [2.05, 4.69) is 28.8 Å². The third kappa shape index (κ3) is 1.71. The molecule has 0 aliphatic carbocycles. The summed E-state index contributed by atoms with van der Waals surface area (Å²) in [4.78, 5) is 9.16. The van der Waals surface area contributed by atoms with Crippen LogP contribution in [0.5, 0.6) is 0 Å². The molecule has 14 heavy (non-hydrogen) atoms. The molecule has 1 saturated heterocycles. The number of ether oxygens (including phenoxy) is 1. The van der Waals surface area contributed by atoms with Gasteiger partial charge in [-0.25, -0.2) is 0 Å². The lowest BCUT2D eigenvalue weighted by atomic mass is 10.2. The molecule has 1 unspecified atom stereocenters. The fourth-order valence-electron chi connectivity index (χ4n) is 2.16. The van der Waals surface area contributed by atoms with Gasteiger partial charge in [-0.1, -0.05) is 0 Å². The molecule has 2 aliphatic rings. The zero-order valence-electron chi connectivity index (χ0n) is 9.07. The van der Waals surface area contributed by atoms with Gasteiger partial charge in [0.1, 0.15) is 0 Å². The lowest BCUT2D eigenvalue weighted by Gasteiger charge is -2.31. The molecule has 0 spiro atoms. The Morgan fingerprint density at radius 2 is 2.50 bits per heavy atom. The highest BCUT2D eigenvalue weighted by Gasteiger charge is 2.28. The standard InChI is InChI=1S/C10H19N3O/c1-3-13(9-4-7-14-8-9)10-11-5-6-12(10)2/h9H,3-8H2,1-2H3. The van der Waals surface area contributed by atoms with Gasteiger partial charge in [-0.3, -0.25) is 4.99 Å². The van der Waals surface area contributed by atoms with Crippen molar-refractivity contribution in [1.82, 2.24) is 9.80 Å². The summed E-state index contributed by atoms with van der Waals surface area (Å²) in [5.74, 6) is 1.16. The fourth-order valence-corrected chi connectivity index (χ4v) is 2.16. The van der Waals surface area contributed by atoms with Gasteiger partial charge < -0.3 is 14.5 Å². The van der Waals surface area contributed by atoms with Gasteiger partial charge in [0.15, 0.2) is 5.96 Å². The van der Waals surface area contributed by atoms with Crippen molar-refractivity contribution in [2.75, 3.05) is 39.9 Å². The second-order valence-electron chi connectivity index (χ2n) is 3.91. The van der Waals surface area contributed by atoms with Gasteiger partial charge in [-0.15, -0.1) is 0 Å². The third-order valence-electron chi connectivity index (χ3n) is 2.97. The summed E-state index contributed by atoms with van der Waals surface area (Å²) in [6.45, 7) is 6.97. The zero-order chi connectivity index (χ0) is 9.97. The van der Waals surface area contributed by atoms with Gasteiger partial charge in [0.05, 0.1) is 19.2 Å². The summed E-state index contributed by atoms with van der Waals surface area (Å²) in [7, 11) is 2.12. The summed E-state index contributed by atoms with van der Waals surface area (Å²) < 4.78 is 5.42. The number of hydrogen-bond donors (Lipinski definition) is 0. The molecule has 4 nitrogen and oxygen atoms in total. The number of nitrogens with zero attached hydrogens (tertiary/aromatic N) is 3. The van der Waals surface area contributed by atoms with Gasteiger partial charge in [-0.05, 0) is 13.3 Å². The average molecular weight is 197 g/mol. The number of aliphatic imine (C=N–C) groups is 1. The predicted octanol–water partition coefficient (Wildman–Crippen LogP) is 0.399. The van der Waals surface area contributed by atoms with E-state index in [9.17, 15) is 0 Å². The normalized spacial score (nSPS) is 26.9. The molecule has 0 N–H and O–H groups in total. The van der Waals surface area contributed by atoms with E-state index < -0.39 is 0 Å². The summed E-state index contributed by atoms with van der Waals surface area (Å²) >= 11 is 0. The highest BCUT2D eigenvalue weighted by atomic mass is 16.5. The smallest absolute Gasteiger partial charge is 0.196 e. The molecular formula is C10H19N3O. The van der Waals surface area contributed by atoms with E-state index in [1.165, 1.54) is 0 Å². The van der Waals surface area contributed by atoms with Crippen molar-refractivity contribution >= 4 is 5.96 Å². The van der Waals surface area contributed by atoms with Crippen LogP contribution < -0.4 is 0 Å². The molecule has 0 radical (unpaired) electrons. The molecule has 2 aliphatic heterocycles. The van der Waals surface area contributed by atoms with E-state index in [1.807, 2.05) is 0 Å². The minimum Gasteiger partial charge on any atom is -0.379 e. The van der Waals surface area contributed by atoms with Gasteiger partial charge in [-0.2, -0.15) is 0 Å². The molecule has 80 valence electrons. The second-order valence-corrected chi connectivity index (χ2v) is 3.91. The van der Waals surface area contributed by atoms with Crippen LogP contribution in [0.2, 0.25) is 0 Å². The first-order valence-electron chi connectivity index (χ1n) is 5.43. The first kappa shape index (κ1) is 9.77. The SMILES string of the molecule is CCN(C1=NCCN1C)C1CCOC1. The topological polar surface area (TPSA) is 28.1 Å². The molecule has 4 heteroatoms. The van der Waals surface area contributed by atoms with E-state index in [4.69, 9.17) is 4.74 Å². The van der Waals surface area contributed by atoms with Gasteiger partial charge in [0.25, 0.3) is 0 Å². The Kier molecular flexibility index (Phi) is 2.91. The quantitative estimate of drug-likeness (QED) is 0.641. The largest absolute Gasteiger partial charge is 0.379 e. The molecule has 0 aromatic heterocycles. The van der Waals surface area contributed by atoms with Crippen molar-refractivity contribution in [2.45, 2.75) is 19.4 Å². The van der Waals surface area contributed by atoms with Crippen molar-refractivity contribution in [3.63, 3.8) is 0 Å². The van der Waals surface area contributed by atoms with Crippen LogP contribution in [0.1, 0.15) is 13.3 Å². The summed E-state index contributed by atoms with van der Waals surface area (Å²) in [6.07, 6.45) is 1.14. The number of guanidine groups is 1. The molecule has 2 rings (SSSR count). The minimum atomic E-state index is 0.541. The summed E-state index contributed by atoms with van der Waals surface area (Å²) in [6, 6.07) is 0.541. The monoisotopic (exact) mass is 197 g/mol. The predicted molar refractivity (Wildman–Crippen MR) is 56.5 cm³/mol. The Bertz CT molecular complexity index is 223. The molecular weight excluding hydrogens is 178 g/mol. The van der Waals surface area contributed by atoms with E-state index in [1.54, 1.807) is 0 Å². The Balaban J connectivity index is 2.04. The molecule has 0 aromatic carbocycles. The van der Waals surface area contributed by atoms with Crippen LogP contribution >= 0.6 is 0 Å². The average Bonchev–Trinajstić information content (AvgIpc) is 2.80. The van der Waals surface area contributed by atoms with Crippen LogP contribution in [-0.2, 0) is 4.74 Å². The van der Waals surface area contributed by atoms with Crippen molar-refractivity contribution in [3.05, 3.63) is 0 Å². The Morgan fingerprint density at radius 3 is 3.00 bits per heavy atom. The number of likely N-dealkylation sites (N-methyl/N-ethyl adjacent to an activating group) is 2.